The number of ether oxygens (including phenoxy) is 2. The molecule has 13 heteroatoms. The van der Waals surface area contributed by atoms with E-state index in [-0.39, 0.29) is 13.2 Å². The predicted octanol–water partition coefficient (Wildman–Crippen LogP) is 5.95. The Bertz CT molecular complexity index is 1250. The molecule has 0 aliphatic rings. The zero-order valence-corrected chi connectivity index (χ0v) is 24.7. The van der Waals surface area contributed by atoms with Gasteiger partial charge in [-0.05, 0) is 56.2 Å². The molecule has 0 bridgehead atoms. The van der Waals surface area contributed by atoms with Crippen molar-refractivity contribution in [1.82, 2.24) is 5.32 Å². The number of hydrogen-bond donors (Lipinski definition) is 2. The first-order valence-electron chi connectivity index (χ1n) is 12.9. The zero-order chi connectivity index (χ0) is 30.4. The fourth-order valence-electron chi connectivity index (χ4n) is 3.22. The maximum Gasteiger partial charge on any atom is 0.529 e. The lowest BCUT2D eigenvalue weighted by atomic mass is 10.2. The van der Waals surface area contributed by atoms with Crippen molar-refractivity contribution in [3.63, 3.8) is 0 Å². The van der Waals surface area contributed by atoms with Crippen molar-refractivity contribution in [3.05, 3.63) is 96.1 Å². The van der Waals surface area contributed by atoms with Gasteiger partial charge in [-0.25, -0.2) is 19.1 Å². The van der Waals surface area contributed by atoms with Crippen LogP contribution in [-0.4, -0.2) is 37.4 Å². The lowest BCUT2D eigenvalue weighted by Gasteiger charge is -2.24. The highest BCUT2D eigenvalue weighted by Gasteiger charge is 2.35. The smallest absolute Gasteiger partial charge is 0.497 e. The maximum absolute atomic E-state index is 13.5. The Balaban J connectivity index is 1.71. The number of nitrogens with one attached hydrogen (secondary N) is 2. The third-order valence-corrected chi connectivity index (χ3v) is 6.23. The molecule has 3 rings (SSSR count). The number of rotatable bonds is 15. The summed E-state index contributed by atoms with van der Waals surface area (Å²) in [4.78, 5) is 35.9. The van der Waals surface area contributed by atoms with E-state index in [0.29, 0.717) is 11.4 Å². The summed E-state index contributed by atoms with van der Waals surface area (Å²) in [6, 6.07) is 23.0. The van der Waals surface area contributed by atoms with E-state index in [1.807, 2.05) is 12.1 Å². The Hall–Kier alpha value is -3.77. The van der Waals surface area contributed by atoms with E-state index in [2.05, 4.69) is 10.6 Å². The number of phosphoric acid groups is 1. The van der Waals surface area contributed by atoms with E-state index in [0.717, 1.165) is 11.1 Å². The molecule has 226 valence electrons. The van der Waals surface area contributed by atoms with Gasteiger partial charge in [0, 0.05) is 5.69 Å². The Morgan fingerprint density at radius 3 is 1.81 bits per heavy atom. The zero-order valence-electron chi connectivity index (χ0n) is 23.8. The lowest BCUT2D eigenvalue weighted by Crippen LogP contribution is -2.48. The highest BCUT2D eigenvalue weighted by molar-refractivity contribution is 7.48. The summed E-state index contributed by atoms with van der Waals surface area (Å²) in [6.07, 6.45) is -0.904. The molecule has 2 amide bonds. The predicted molar refractivity (Wildman–Crippen MR) is 153 cm³/mol. The van der Waals surface area contributed by atoms with Crippen LogP contribution in [0.15, 0.2) is 84.9 Å². The van der Waals surface area contributed by atoms with Crippen molar-refractivity contribution < 1.29 is 47.3 Å². The van der Waals surface area contributed by atoms with Crippen LogP contribution in [0.4, 0.5) is 10.5 Å². The molecular formula is C29H35N2O10P. The Morgan fingerprint density at radius 1 is 0.810 bits per heavy atom. The second kappa shape index (κ2) is 16.0. The van der Waals surface area contributed by atoms with Crippen LogP contribution in [0, 0.1) is 0 Å². The molecule has 3 aromatic carbocycles. The number of carbonyl (C=O) groups is 2. The SMILES string of the molecule is COc1ccc(NC(=O)C(COP(=O)(OOCc2ccccc2)OOCc2ccccc2)NC(=O)OC(C)(C)C)cc1. The van der Waals surface area contributed by atoms with Crippen molar-refractivity contribution >= 4 is 25.5 Å². The molecule has 2 N–H and O–H groups in total. The number of hydrogen-bond acceptors (Lipinski definition) is 10. The van der Waals surface area contributed by atoms with Crippen molar-refractivity contribution in [2.45, 2.75) is 45.6 Å². The molecule has 0 aliphatic carbocycles. The molecule has 0 heterocycles. The molecule has 3 aromatic rings. The van der Waals surface area contributed by atoms with Crippen molar-refractivity contribution in [2.24, 2.45) is 0 Å². The van der Waals surface area contributed by atoms with Gasteiger partial charge in [0.15, 0.2) is 0 Å². The fourth-order valence-corrected chi connectivity index (χ4v) is 4.03. The molecule has 0 fully saturated rings. The Kier molecular flexibility index (Phi) is 12.5. The largest absolute Gasteiger partial charge is 0.529 e. The molecule has 1 unspecified atom stereocenters. The monoisotopic (exact) mass is 602 g/mol. The first-order chi connectivity index (χ1) is 20.0. The Morgan fingerprint density at radius 2 is 1.33 bits per heavy atom. The minimum Gasteiger partial charge on any atom is -0.497 e. The van der Waals surface area contributed by atoms with Gasteiger partial charge in [-0.2, -0.15) is 0 Å². The Labute approximate surface area is 244 Å². The first-order valence-corrected chi connectivity index (χ1v) is 14.4. The van der Waals surface area contributed by atoms with Crippen LogP contribution in [0.5, 0.6) is 5.75 Å². The summed E-state index contributed by atoms with van der Waals surface area (Å²) in [5.74, 6) is -0.117. The van der Waals surface area contributed by atoms with E-state index in [4.69, 9.17) is 33.1 Å². The van der Waals surface area contributed by atoms with Gasteiger partial charge in [0.05, 0.1) is 13.7 Å². The number of benzene rings is 3. The molecular weight excluding hydrogens is 567 g/mol. The standard InChI is InChI=1S/C29H35N2O10P/c1-29(2,3)39-28(33)31-26(27(32)30-24-15-17-25(35-4)18-16-24)21-38-42(34,40-36-19-22-11-7-5-8-12-22)41-37-20-23-13-9-6-10-14-23/h5-18,26H,19-21H2,1-4H3,(H,30,32)(H,31,33). The third kappa shape index (κ3) is 12.0. The van der Waals surface area contributed by atoms with Crippen LogP contribution in [0.3, 0.4) is 0 Å². The van der Waals surface area contributed by atoms with E-state index in [9.17, 15) is 14.2 Å². The number of anilines is 1. The van der Waals surface area contributed by atoms with Crippen LogP contribution in [0.25, 0.3) is 0 Å². The quantitative estimate of drug-likeness (QED) is 0.122. The fraction of sp³-hybridized carbons (Fsp3) is 0.310. The molecule has 42 heavy (non-hydrogen) atoms. The van der Waals surface area contributed by atoms with Crippen LogP contribution in [-0.2, 0) is 51.0 Å². The van der Waals surface area contributed by atoms with E-state index >= 15 is 0 Å². The molecule has 0 aliphatic heterocycles. The van der Waals surface area contributed by atoms with Crippen molar-refractivity contribution in [3.8, 4) is 5.75 Å². The second-order valence-electron chi connectivity index (χ2n) is 9.80. The number of amides is 2. The summed E-state index contributed by atoms with van der Waals surface area (Å²) in [7, 11) is -3.08. The van der Waals surface area contributed by atoms with E-state index in [1.54, 1.807) is 93.6 Å². The number of carbonyl (C=O) groups excluding carboxylic acids is 2. The van der Waals surface area contributed by atoms with Gasteiger partial charge >= 0.3 is 13.9 Å². The molecule has 12 nitrogen and oxygen atoms in total. The van der Waals surface area contributed by atoms with Crippen LogP contribution in [0.2, 0.25) is 0 Å². The summed E-state index contributed by atoms with van der Waals surface area (Å²) in [5, 5.41) is 5.06. The van der Waals surface area contributed by atoms with Gasteiger partial charge in [-0.3, -0.25) is 9.32 Å². The second-order valence-corrected chi connectivity index (χ2v) is 11.3. The molecule has 0 aromatic heterocycles. The minimum atomic E-state index is -4.60. The minimum absolute atomic E-state index is 0.0895. The van der Waals surface area contributed by atoms with Gasteiger partial charge in [0.2, 0.25) is 5.91 Å². The molecule has 1 atom stereocenters. The summed E-state index contributed by atoms with van der Waals surface area (Å²) in [5.41, 5.74) is 1.00. The summed E-state index contributed by atoms with van der Waals surface area (Å²) < 4.78 is 39.3. The van der Waals surface area contributed by atoms with Crippen molar-refractivity contribution in [2.75, 3.05) is 19.0 Å². The van der Waals surface area contributed by atoms with Gasteiger partial charge in [-0.1, -0.05) is 60.7 Å². The lowest BCUT2D eigenvalue weighted by molar-refractivity contribution is -0.291. The highest BCUT2D eigenvalue weighted by Crippen LogP contribution is 2.50. The maximum atomic E-state index is 13.5. The molecule has 0 radical (unpaired) electrons. The molecule has 0 saturated heterocycles. The average Bonchev–Trinajstić information content (AvgIpc) is 2.96. The first kappa shape index (κ1) is 32.7. The number of alkyl carbamates (subject to hydrolysis) is 1. The number of methoxy groups -OCH3 is 1. The average molecular weight is 603 g/mol. The van der Waals surface area contributed by atoms with Crippen LogP contribution < -0.4 is 15.4 Å². The van der Waals surface area contributed by atoms with E-state index in [1.165, 1.54) is 7.11 Å². The summed E-state index contributed by atoms with van der Waals surface area (Å²) >= 11 is 0. The highest BCUT2D eigenvalue weighted by atomic mass is 31.2. The third-order valence-electron chi connectivity index (χ3n) is 5.19. The van der Waals surface area contributed by atoms with Gasteiger partial charge in [0.1, 0.15) is 30.6 Å². The van der Waals surface area contributed by atoms with Gasteiger partial charge in [-0.15, -0.1) is 9.35 Å². The van der Waals surface area contributed by atoms with E-state index < -0.39 is 38.1 Å². The van der Waals surface area contributed by atoms with Gasteiger partial charge in [0.25, 0.3) is 0 Å². The molecule has 0 saturated carbocycles. The normalized spacial score (nSPS) is 12.3. The topological polar surface area (TPSA) is 140 Å². The van der Waals surface area contributed by atoms with Gasteiger partial charge < -0.3 is 20.1 Å². The van der Waals surface area contributed by atoms with Crippen molar-refractivity contribution in [1.29, 1.82) is 0 Å². The summed E-state index contributed by atoms with van der Waals surface area (Å²) in [6.45, 7) is 4.15. The van der Waals surface area contributed by atoms with Crippen LogP contribution >= 0.6 is 7.82 Å². The van der Waals surface area contributed by atoms with Crippen LogP contribution in [0.1, 0.15) is 31.9 Å². The molecule has 0 spiro atoms.